The molecule has 3 heterocycles. The highest BCUT2D eigenvalue weighted by Gasteiger charge is 2.28. The Hall–Kier alpha value is -0.870. The van der Waals surface area contributed by atoms with Crippen LogP contribution in [-0.4, -0.2) is 90.9 Å². The van der Waals surface area contributed by atoms with Gasteiger partial charge in [0, 0.05) is 52.0 Å². The molecule has 0 amide bonds. The van der Waals surface area contributed by atoms with Gasteiger partial charge in [-0.1, -0.05) is 0 Å². The van der Waals surface area contributed by atoms with Crippen molar-refractivity contribution in [2.24, 2.45) is 18.0 Å². The fourth-order valence-electron chi connectivity index (χ4n) is 4.24. The lowest BCUT2D eigenvalue weighted by Crippen LogP contribution is -2.43. The predicted octanol–water partition coefficient (Wildman–Crippen LogP) is 1.63. The molecule has 27 heavy (non-hydrogen) atoms. The Bertz CT molecular complexity index is 595. The molecular formula is C19H36IN7. The summed E-state index contributed by atoms with van der Waals surface area (Å²) in [4.78, 5) is 11.8. The van der Waals surface area contributed by atoms with E-state index in [4.69, 9.17) is 0 Å². The van der Waals surface area contributed by atoms with Gasteiger partial charge in [0.15, 0.2) is 5.96 Å². The zero-order valence-electron chi connectivity index (χ0n) is 17.3. The predicted molar refractivity (Wildman–Crippen MR) is 122 cm³/mol. The summed E-state index contributed by atoms with van der Waals surface area (Å²) < 4.78 is 1.87. The number of likely N-dealkylation sites (tertiary alicyclic amines) is 2. The summed E-state index contributed by atoms with van der Waals surface area (Å²) in [5.41, 5.74) is 1.23. The standard InChI is InChI=1S/C19H35N7.HI/c1-20-19(21-12-18(23(2)3)17-11-22-24(4)15-17)26-10-7-16(14-26)13-25-8-5-6-9-25;/h11,15-16,18H,5-10,12-14H2,1-4H3,(H,20,21);1H. The average molecular weight is 489 g/mol. The van der Waals surface area contributed by atoms with Gasteiger partial charge in [-0.25, -0.2) is 0 Å². The molecule has 154 valence electrons. The van der Waals surface area contributed by atoms with Gasteiger partial charge in [0.25, 0.3) is 0 Å². The van der Waals surface area contributed by atoms with Crippen molar-refractivity contribution in [3.63, 3.8) is 0 Å². The van der Waals surface area contributed by atoms with Gasteiger partial charge >= 0.3 is 0 Å². The lowest BCUT2D eigenvalue weighted by atomic mass is 10.1. The van der Waals surface area contributed by atoms with Crippen molar-refractivity contribution < 1.29 is 0 Å². The molecule has 0 aliphatic carbocycles. The molecule has 2 saturated heterocycles. The Morgan fingerprint density at radius 2 is 2.07 bits per heavy atom. The number of nitrogens with one attached hydrogen (secondary N) is 1. The third-order valence-corrected chi connectivity index (χ3v) is 5.70. The number of halogens is 1. The van der Waals surface area contributed by atoms with Crippen LogP contribution in [0.3, 0.4) is 0 Å². The summed E-state index contributed by atoms with van der Waals surface area (Å²) in [7, 11) is 8.09. The molecule has 0 aromatic carbocycles. The first kappa shape index (κ1) is 22.4. The van der Waals surface area contributed by atoms with Crippen molar-refractivity contribution in [3.8, 4) is 0 Å². The van der Waals surface area contributed by atoms with Crippen molar-refractivity contribution >= 4 is 29.9 Å². The second-order valence-electron chi connectivity index (χ2n) is 7.96. The minimum atomic E-state index is 0. The number of likely N-dealkylation sites (N-methyl/N-ethyl adjacent to an activating group) is 1. The number of aromatic nitrogens is 2. The van der Waals surface area contributed by atoms with Crippen LogP contribution in [0, 0.1) is 5.92 Å². The van der Waals surface area contributed by atoms with Gasteiger partial charge in [-0.2, -0.15) is 5.10 Å². The van der Waals surface area contributed by atoms with E-state index in [9.17, 15) is 0 Å². The van der Waals surface area contributed by atoms with E-state index in [1.165, 1.54) is 44.5 Å². The van der Waals surface area contributed by atoms with Crippen LogP contribution in [-0.2, 0) is 7.05 Å². The Balaban J connectivity index is 0.00000261. The summed E-state index contributed by atoms with van der Waals surface area (Å²) in [6.45, 7) is 6.90. The van der Waals surface area contributed by atoms with Crippen LogP contribution in [0.1, 0.15) is 30.9 Å². The molecule has 2 aliphatic heterocycles. The summed E-state index contributed by atoms with van der Waals surface area (Å²) in [5.74, 6) is 1.80. The molecule has 2 unspecified atom stereocenters. The Morgan fingerprint density at radius 3 is 2.67 bits per heavy atom. The van der Waals surface area contributed by atoms with E-state index >= 15 is 0 Å². The van der Waals surface area contributed by atoms with E-state index in [2.05, 4.69) is 50.4 Å². The third-order valence-electron chi connectivity index (χ3n) is 5.70. The lowest BCUT2D eigenvalue weighted by Gasteiger charge is -2.27. The first-order chi connectivity index (χ1) is 12.6. The molecule has 2 aliphatic rings. The van der Waals surface area contributed by atoms with Crippen LogP contribution in [0.4, 0.5) is 0 Å². The number of hydrogen-bond acceptors (Lipinski definition) is 4. The second kappa shape index (κ2) is 10.6. The monoisotopic (exact) mass is 489 g/mol. The molecule has 0 bridgehead atoms. The SMILES string of the molecule is CN=C(NCC(c1cnn(C)c1)N(C)C)N1CCC(CN2CCCC2)C1.I. The molecule has 2 atom stereocenters. The molecule has 0 saturated carbocycles. The largest absolute Gasteiger partial charge is 0.354 e. The average Bonchev–Trinajstić information content (AvgIpc) is 3.35. The van der Waals surface area contributed by atoms with E-state index in [1.807, 2.05) is 25.0 Å². The number of hydrogen-bond donors (Lipinski definition) is 1. The molecule has 0 spiro atoms. The molecular weight excluding hydrogens is 453 g/mol. The van der Waals surface area contributed by atoms with Crippen molar-refractivity contribution in [1.82, 2.24) is 29.8 Å². The van der Waals surface area contributed by atoms with Gasteiger partial charge in [0.2, 0.25) is 0 Å². The van der Waals surface area contributed by atoms with Crippen LogP contribution in [0.2, 0.25) is 0 Å². The van der Waals surface area contributed by atoms with E-state index in [1.54, 1.807) is 0 Å². The maximum atomic E-state index is 4.54. The molecule has 2 fully saturated rings. The van der Waals surface area contributed by atoms with Gasteiger partial charge in [0.1, 0.15) is 0 Å². The van der Waals surface area contributed by atoms with Crippen molar-refractivity contribution in [1.29, 1.82) is 0 Å². The highest BCUT2D eigenvalue weighted by molar-refractivity contribution is 14.0. The number of rotatable bonds is 6. The van der Waals surface area contributed by atoms with Crippen molar-refractivity contribution in [2.75, 3.05) is 60.4 Å². The summed E-state index contributed by atoms with van der Waals surface area (Å²) in [6, 6.07) is 0.281. The first-order valence-corrected chi connectivity index (χ1v) is 9.89. The second-order valence-corrected chi connectivity index (χ2v) is 7.96. The topological polar surface area (TPSA) is 51.9 Å². The molecule has 0 radical (unpaired) electrons. The molecule has 7 nitrogen and oxygen atoms in total. The molecule has 1 aromatic rings. The van der Waals surface area contributed by atoms with E-state index in [-0.39, 0.29) is 30.0 Å². The first-order valence-electron chi connectivity index (χ1n) is 9.89. The Kier molecular flexibility index (Phi) is 8.81. The van der Waals surface area contributed by atoms with Gasteiger partial charge in [0.05, 0.1) is 12.2 Å². The van der Waals surface area contributed by atoms with Crippen molar-refractivity contribution in [3.05, 3.63) is 18.0 Å². The Labute approximate surface area is 181 Å². The highest BCUT2D eigenvalue weighted by atomic mass is 127. The molecule has 1 N–H and O–H groups in total. The molecule has 1 aromatic heterocycles. The lowest BCUT2D eigenvalue weighted by molar-refractivity contribution is 0.279. The van der Waals surface area contributed by atoms with E-state index in [0.717, 1.165) is 31.5 Å². The summed E-state index contributed by atoms with van der Waals surface area (Å²) in [6.07, 6.45) is 8.07. The number of nitrogens with zero attached hydrogens (tertiary/aromatic N) is 6. The Morgan fingerprint density at radius 1 is 1.33 bits per heavy atom. The maximum Gasteiger partial charge on any atom is 0.193 e. The molecule has 8 heteroatoms. The van der Waals surface area contributed by atoms with Gasteiger partial charge < -0.3 is 20.0 Å². The fraction of sp³-hybridized carbons (Fsp3) is 0.789. The smallest absolute Gasteiger partial charge is 0.193 e. The van der Waals surface area contributed by atoms with Crippen LogP contribution in [0.5, 0.6) is 0 Å². The van der Waals surface area contributed by atoms with Crippen molar-refractivity contribution in [2.45, 2.75) is 25.3 Å². The summed E-state index contributed by atoms with van der Waals surface area (Å²) >= 11 is 0. The van der Waals surface area contributed by atoms with Crippen LogP contribution < -0.4 is 5.32 Å². The number of aryl methyl sites for hydroxylation is 1. The van der Waals surface area contributed by atoms with Gasteiger partial charge in [-0.05, 0) is 52.4 Å². The third kappa shape index (κ3) is 6.05. The van der Waals surface area contributed by atoms with Gasteiger partial charge in [-0.3, -0.25) is 9.67 Å². The maximum absolute atomic E-state index is 4.54. The van der Waals surface area contributed by atoms with Crippen LogP contribution in [0.15, 0.2) is 17.4 Å². The minimum Gasteiger partial charge on any atom is -0.354 e. The zero-order chi connectivity index (χ0) is 18.5. The number of aliphatic imine (C=N–C) groups is 1. The van der Waals surface area contributed by atoms with E-state index in [0.29, 0.717) is 0 Å². The summed E-state index contributed by atoms with van der Waals surface area (Å²) in [5, 5.41) is 7.92. The zero-order valence-corrected chi connectivity index (χ0v) is 19.6. The number of guanidine groups is 1. The van der Waals surface area contributed by atoms with Crippen LogP contribution in [0.25, 0.3) is 0 Å². The minimum absolute atomic E-state index is 0. The van der Waals surface area contributed by atoms with Crippen LogP contribution >= 0.6 is 24.0 Å². The van der Waals surface area contributed by atoms with E-state index < -0.39 is 0 Å². The fourth-order valence-corrected chi connectivity index (χ4v) is 4.24. The quantitative estimate of drug-likeness (QED) is 0.374. The van der Waals surface area contributed by atoms with Gasteiger partial charge in [-0.15, -0.1) is 24.0 Å². The highest BCUT2D eigenvalue weighted by Crippen LogP contribution is 2.21. The normalized spacial score (nSPS) is 22.3. The molecule has 3 rings (SSSR count).